The lowest BCUT2D eigenvalue weighted by Gasteiger charge is -2.34. The van der Waals surface area contributed by atoms with Gasteiger partial charge in [0.2, 0.25) is 0 Å². The van der Waals surface area contributed by atoms with Gasteiger partial charge in [0.25, 0.3) is 0 Å². The fourth-order valence-corrected chi connectivity index (χ4v) is 3.38. The topological polar surface area (TPSA) is 45.0 Å². The van der Waals surface area contributed by atoms with Gasteiger partial charge in [-0.15, -0.1) is 0 Å². The van der Waals surface area contributed by atoms with Crippen LogP contribution in [0.3, 0.4) is 0 Å². The van der Waals surface area contributed by atoms with E-state index in [0.717, 1.165) is 25.0 Å². The zero-order valence-electron chi connectivity index (χ0n) is 13.7. The smallest absolute Gasteiger partial charge is 0.122 e. The van der Waals surface area contributed by atoms with Crippen LogP contribution >= 0.6 is 0 Å². The van der Waals surface area contributed by atoms with Gasteiger partial charge in [-0.25, -0.2) is 0 Å². The quantitative estimate of drug-likeness (QED) is 0.939. The molecule has 0 bridgehead atoms. The number of fused-ring (bicyclic) bond motifs is 1. The molecule has 118 valence electrons. The first-order chi connectivity index (χ1) is 11.2. The Morgan fingerprint density at radius 3 is 2.74 bits per heavy atom. The first-order valence-electron chi connectivity index (χ1n) is 8.02. The molecule has 1 atom stereocenters. The van der Waals surface area contributed by atoms with Crippen molar-refractivity contribution in [3.8, 4) is 11.8 Å². The monoisotopic (exact) mass is 306 g/mol. The normalized spacial score (nSPS) is 19.7. The molecule has 0 aliphatic heterocycles. The second-order valence-corrected chi connectivity index (χ2v) is 6.31. The molecule has 1 aliphatic carbocycles. The van der Waals surface area contributed by atoms with Gasteiger partial charge in [0.05, 0.1) is 13.2 Å². The molecule has 0 fully saturated rings. The molecule has 1 aliphatic rings. The van der Waals surface area contributed by atoms with E-state index >= 15 is 0 Å². The van der Waals surface area contributed by atoms with Crippen molar-refractivity contribution in [1.29, 1.82) is 5.26 Å². The highest BCUT2D eigenvalue weighted by Gasteiger charge is 2.35. The van der Waals surface area contributed by atoms with Gasteiger partial charge < -0.3 is 4.74 Å². The molecular weight excluding hydrogens is 284 g/mol. The Labute approximate surface area is 137 Å². The molecule has 3 heteroatoms. The number of hydrogen-bond acceptors (Lipinski definition) is 3. The van der Waals surface area contributed by atoms with Crippen molar-refractivity contribution < 1.29 is 4.74 Å². The van der Waals surface area contributed by atoms with Crippen LogP contribution < -0.4 is 10.1 Å². The molecule has 0 radical (unpaired) electrons. The molecule has 2 aromatic rings. The number of nitrogens with zero attached hydrogens (tertiary/aromatic N) is 1. The highest BCUT2D eigenvalue weighted by atomic mass is 16.5. The van der Waals surface area contributed by atoms with E-state index in [1.54, 1.807) is 7.11 Å². The molecule has 0 heterocycles. The first-order valence-corrected chi connectivity index (χ1v) is 8.02. The molecule has 0 saturated carbocycles. The predicted molar refractivity (Wildman–Crippen MR) is 91.4 cm³/mol. The minimum atomic E-state index is -0.498. The predicted octanol–water partition coefficient (Wildman–Crippen LogP) is 3.54. The van der Waals surface area contributed by atoms with Gasteiger partial charge in [-0.1, -0.05) is 36.4 Å². The molecule has 1 unspecified atom stereocenters. The molecule has 23 heavy (non-hydrogen) atoms. The lowest BCUT2D eigenvalue weighted by Crippen LogP contribution is -2.48. The second-order valence-electron chi connectivity index (χ2n) is 6.31. The van der Waals surface area contributed by atoms with Crippen LogP contribution in [0.15, 0.2) is 42.5 Å². The van der Waals surface area contributed by atoms with E-state index in [4.69, 9.17) is 4.74 Å². The molecule has 1 N–H and O–H groups in total. The summed E-state index contributed by atoms with van der Waals surface area (Å²) in [4.78, 5) is 0. The lowest BCUT2D eigenvalue weighted by atomic mass is 9.78. The van der Waals surface area contributed by atoms with Crippen molar-refractivity contribution in [2.45, 2.75) is 38.3 Å². The molecule has 0 aromatic heterocycles. The van der Waals surface area contributed by atoms with Crippen LogP contribution in [0.25, 0.3) is 0 Å². The van der Waals surface area contributed by atoms with Crippen molar-refractivity contribution in [2.75, 3.05) is 7.11 Å². The Balaban J connectivity index is 1.83. The van der Waals surface area contributed by atoms with E-state index < -0.39 is 5.54 Å². The molecule has 2 aromatic carbocycles. The Morgan fingerprint density at radius 2 is 2.04 bits per heavy atom. The maximum absolute atomic E-state index is 9.80. The number of nitrogens with one attached hydrogen (secondary N) is 1. The van der Waals surface area contributed by atoms with Crippen LogP contribution in [0.2, 0.25) is 0 Å². The summed E-state index contributed by atoms with van der Waals surface area (Å²) in [7, 11) is 1.72. The number of benzene rings is 2. The van der Waals surface area contributed by atoms with Crippen molar-refractivity contribution in [3.05, 3.63) is 64.7 Å². The third-order valence-corrected chi connectivity index (χ3v) is 4.65. The minimum absolute atomic E-state index is 0.498. The van der Waals surface area contributed by atoms with Crippen LogP contribution in [0.1, 0.15) is 28.7 Å². The summed E-state index contributed by atoms with van der Waals surface area (Å²) in [6, 6.07) is 17.0. The van der Waals surface area contributed by atoms with Gasteiger partial charge in [-0.05, 0) is 48.1 Å². The Kier molecular flexibility index (Phi) is 4.36. The summed E-state index contributed by atoms with van der Waals surface area (Å²) >= 11 is 0. The van der Waals surface area contributed by atoms with Gasteiger partial charge in [0.1, 0.15) is 11.3 Å². The molecule has 0 saturated heterocycles. The van der Waals surface area contributed by atoms with Crippen LogP contribution in [0.4, 0.5) is 0 Å². The Hall–Kier alpha value is -2.31. The van der Waals surface area contributed by atoms with Crippen molar-refractivity contribution >= 4 is 0 Å². The number of aryl methyl sites for hydroxylation is 1. The summed E-state index contributed by atoms with van der Waals surface area (Å²) in [6.07, 6.45) is 2.40. The Bertz CT molecular complexity index is 733. The van der Waals surface area contributed by atoms with Gasteiger partial charge >= 0.3 is 0 Å². The number of ether oxygens (including phenoxy) is 1. The average molecular weight is 306 g/mol. The van der Waals surface area contributed by atoms with Crippen LogP contribution in [-0.4, -0.2) is 12.6 Å². The van der Waals surface area contributed by atoms with E-state index in [9.17, 15) is 5.26 Å². The zero-order chi connectivity index (χ0) is 16.3. The number of hydrogen-bond donors (Lipinski definition) is 1. The van der Waals surface area contributed by atoms with Crippen LogP contribution in [0.5, 0.6) is 5.75 Å². The van der Waals surface area contributed by atoms with Gasteiger partial charge in [0, 0.05) is 13.0 Å². The van der Waals surface area contributed by atoms with E-state index in [2.05, 4.69) is 42.6 Å². The second kappa shape index (κ2) is 6.44. The standard InChI is InChI=1S/C20H22N2O/c1-15-10-17-12-20(14-21,9-8-18(17)19(11-15)23-2)22-13-16-6-4-3-5-7-16/h3-7,10-11,22H,8-9,12-13H2,1-2H3. The third-order valence-electron chi connectivity index (χ3n) is 4.65. The SMILES string of the molecule is COc1cc(C)cc2c1CCC(C#N)(NCc1ccccc1)C2. The van der Waals surface area contributed by atoms with Crippen LogP contribution in [0, 0.1) is 18.3 Å². The highest BCUT2D eigenvalue weighted by molar-refractivity contribution is 5.47. The summed E-state index contributed by atoms with van der Waals surface area (Å²) in [5, 5.41) is 13.3. The van der Waals surface area contributed by atoms with E-state index in [1.807, 2.05) is 18.2 Å². The maximum atomic E-state index is 9.80. The summed E-state index contributed by atoms with van der Waals surface area (Å²) < 4.78 is 5.52. The molecule has 0 amide bonds. The largest absolute Gasteiger partial charge is 0.496 e. The van der Waals surface area contributed by atoms with E-state index in [1.165, 1.54) is 22.3 Å². The van der Waals surface area contributed by atoms with Gasteiger partial charge in [0.15, 0.2) is 0 Å². The van der Waals surface area contributed by atoms with Gasteiger partial charge in [-0.2, -0.15) is 5.26 Å². The number of rotatable bonds is 4. The van der Waals surface area contributed by atoms with Crippen molar-refractivity contribution in [1.82, 2.24) is 5.32 Å². The fraction of sp³-hybridized carbons (Fsp3) is 0.350. The summed E-state index contributed by atoms with van der Waals surface area (Å²) in [6.45, 7) is 2.79. The molecule has 3 rings (SSSR count). The maximum Gasteiger partial charge on any atom is 0.122 e. The minimum Gasteiger partial charge on any atom is -0.496 e. The summed E-state index contributed by atoms with van der Waals surface area (Å²) in [5.41, 5.74) is 4.37. The van der Waals surface area contributed by atoms with Crippen LogP contribution in [-0.2, 0) is 19.4 Å². The highest BCUT2D eigenvalue weighted by Crippen LogP contribution is 2.35. The van der Waals surface area contributed by atoms with Crippen molar-refractivity contribution in [2.24, 2.45) is 0 Å². The number of methoxy groups -OCH3 is 1. The van der Waals surface area contributed by atoms with E-state index in [-0.39, 0.29) is 0 Å². The van der Waals surface area contributed by atoms with Crippen molar-refractivity contribution in [3.63, 3.8) is 0 Å². The molecular formula is C20H22N2O. The number of nitriles is 1. The van der Waals surface area contributed by atoms with Gasteiger partial charge in [-0.3, -0.25) is 5.32 Å². The third kappa shape index (κ3) is 3.23. The first kappa shape index (κ1) is 15.6. The lowest BCUT2D eigenvalue weighted by molar-refractivity contribution is 0.352. The average Bonchev–Trinajstić information content (AvgIpc) is 2.59. The summed E-state index contributed by atoms with van der Waals surface area (Å²) in [5.74, 6) is 0.953. The molecule has 3 nitrogen and oxygen atoms in total. The van der Waals surface area contributed by atoms with E-state index in [0.29, 0.717) is 6.54 Å². The fourth-order valence-electron chi connectivity index (χ4n) is 3.38. The zero-order valence-corrected chi connectivity index (χ0v) is 13.7. The molecule has 0 spiro atoms. The Morgan fingerprint density at radius 1 is 1.26 bits per heavy atom.